The number of nitrogens with one attached hydrogen (secondary N) is 2. The molecule has 1 unspecified atom stereocenters. The minimum absolute atomic E-state index is 0.0153. The molecule has 0 saturated carbocycles. The monoisotopic (exact) mass is 548 g/mol. The van der Waals surface area contributed by atoms with E-state index >= 15 is 0 Å². The molecule has 10 nitrogen and oxygen atoms in total. The molecule has 3 rings (SSSR count). The Morgan fingerprint density at radius 1 is 1.24 bits per heavy atom. The number of hydrogen-bond donors (Lipinski definition) is 5. The SMILES string of the molecule is Nc1ncnc(N2CCC(C(=O)O)[C@@H](NCCC[C@@H](Nc3cc(Cl)cc(C(F)(F)F)c3)C(=O)O)C2)c1F. The predicted molar refractivity (Wildman–Crippen MR) is 127 cm³/mol. The third-order valence-corrected chi connectivity index (χ3v) is 6.19. The van der Waals surface area contributed by atoms with E-state index in [-0.39, 0.29) is 61.2 Å². The van der Waals surface area contributed by atoms with Crippen molar-refractivity contribution < 1.29 is 37.4 Å². The second-order valence-electron chi connectivity index (χ2n) is 8.54. The Balaban J connectivity index is 1.61. The number of aromatic nitrogens is 2. The molecule has 1 aromatic heterocycles. The highest BCUT2D eigenvalue weighted by atomic mass is 35.5. The first-order valence-electron chi connectivity index (χ1n) is 11.2. The molecule has 0 aliphatic carbocycles. The molecule has 0 amide bonds. The number of nitrogens with zero attached hydrogens (tertiary/aromatic N) is 3. The maximum Gasteiger partial charge on any atom is 0.416 e. The number of carboxylic acids is 2. The van der Waals surface area contributed by atoms with Crippen LogP contribution in [0.2, 0.25) is 5.02 Å². The third kappa shape index (κ3) is 7.32. The number of nitrogen functional groups attached to an aromatic ring is 1. The van der Waals surface area contributed by atoms with E-state index in [1.165, 1.54) is 6.07 Å². The van der Waals surface area contributed by atoms with Gasteiger partial charge in [-0.25, -0.2) is 14.8 Å². The van der Waals surface area contributed by atoms with Crippen LogP contribution < -0.4 is 21.3 Å². The van der Waals surface area contributed by atoms with Crippen molar-refractivity contribution in [2.75, 3.05) is 35.6 Å². The number of piperidine rings is 1. The topological polar surface area (TPSA) is 154 Å². The van der Waals surface area contributed by atoms with Gasteiger partial charge in [-0.1, -0.05) is 11.6 Å². The van der Waals surface area contributed by atoms with Crippen LogP contribution in [0.5, 0.6) is 0 Å². The molecule has 6 N–H and O–H groups in total. The molecule has 1 aromatic carbocycles. The van der Waals surface area contributed by atoms with Crippen LogP contribution in [0.4, 0.5) is 34.9 Å². The van der Waals surface area contributed by atoms with Crippen molar-refractivity contribution in [1.29, 1.82) is 0 Å². The van der Waals surface area contributed by atoms with Crippen LogP contribution in [0.3, 0.4) is 0 Å². The van der Waals surface area contributed by atoms with Gasteiger partial charge in [-0.2, -0.15) is 17.6 Å². The molecule has 1 aliphatic rings. The van der Waals surface area contributed by atoms with Gasteiger partial charge in [0.2, 0.25) is 5.82 Å². The highest BCUT2D eigenvalue weighted by Gasteiger charge is 2.35. The van der Waals surface area contributed by atoms with Gasteiger partial charge in [0.1, 0.15) is 12.4 Å². The first kappa shape index (κ1) is 28.2. The highest BCUT2D eigenvalue weighted by molar-refractivity contribution is 6.31. The smallest absolute Gasteiger partial charge is 0.416 e. The van der Waals surface area contributed by atoms with Gasteiger partial charge in [0.05, 0.1) is 11.5 Å². The number of aliphatic carboxylic acids is 2. The van der Waals surface area contributed by atoms with E-state index in [0.29, 0.717) is 0 Å². The zero-order valence-corrected chi connectivity index (χ0v) is 20.1. The minimum atomic E-state index is -4.65. The first-order chi connectivity index (χ1) is 17.4. The summed E-state index contributed by atoms with van der Waals surface area (Å²) >= 11 is 5.76. The van der Waals surface area contributed by atoms with Crippen LogP contribution in [0, 0.1) is 11.7 Å². The Morgan fingerprint density at radius 3 is 2.62 bits per heavy atom. The number of rotatable bonds is 10. The van der Waals surface area contributed by atoms with Crippen molar-refractivity contribution >= 4 is 40.9 Å². The van der Waals surface area contributed by atoms with Gasteiger partial charge in [0, 0.05) is 29.8 Å². The zero-order valence-electron chi connectivity index (χ0n) is 19.3. The van der Waals surface area contributed by atoms with Gasteiger partial charge < -0.3 is 31.5 Å². The van der Waals surface area contributed by atoms with Crippen molar-refractivity contribution in [3.8, 4) is 0 Å². The summed E-state index contributed by atoms with van der Waals surface area (Å²) in [6.45, 7) is 0.534. The summed E-state index contributed by atoms with van der Waals surface area (Å²) in [5.74, 6) is -4.27. The number of benzene rings is 1. The summed E-state index contributed by atoms with van der Waals surface area (Å²) < 4.78 is 53.5. The fraction of sp³-hybridized carbons (Fsp3) is 0.455. The molecule has 1 saturated heterocycles. The van der Waals surface area contributed by atoms with Crippen LogP contribution in [-0.4, -0.2) is 63.8 Å². The summed E-state index contributed by atoms with van der Waals surface area (Å²) in [4.78, 5) is 32.5. The molecule has 37 heavy (non-hydrogen) atoms. The van der Waals surface area contributed by atoms with Crippen molar-refractivity contribution in [2.45, 2.75) is 37.5 Å². The van der Waals surface area contributed by atoms with Crippen molar-refractivity contribution in [1.82, 2.24) is 15.3 Å². The van der Waals surface area contributed by atoms with Gasteiger partial charge in [-0.3, -0.25) is 4.79 Å². The van der Waals surface area contributed by atoms with Crippen molar-refractivity contribution in [3.63, 3.8) is 0 Å². The predicted octanol–water partition coefficient (Wildman–Crippen LogP) is 3.08. The molecule has 1 aliphatic heterocycles. The standard InChI is InChI=1S/C22H25ClF4N6O4/c23-12-6-11(22(25,26)27)7-13(8-12)32-15(21(36)37)2-1-4-29-16-9-33(5-3-14(16)20(34)35)19-17(24)18(28)30-10-31-19/h6-8,10,14-16,29,32H,1-5,9H2,(H,34,35)(H,36,37)(H2,28,30,31)/t14?,15-,16+/m1/s1. The second-order valence-corrected chi connectivity index (χ2v) is 8.98. The van der Waals surface area contributed by atoms with E-state index in [0.717, 1.165) is 18.5 Å². The Labute approximate surface area is 213 Å². The fourth-order valence-electron chi connectivity index (χ4n) is 4.13. The van der Waals surface area contributed by atoms with Crippen LogP contribution in [0.1, 0.15) is 24.8 Å². The fourth-order valence-corrected chi connectivity index (χ4v) is 4.36. The number of carboxylic acid groups (broad SMARTS) is 2. The molecular weight excluding hydrogens is 524 g/mol. The number of nitrogens with two attached hydrogens (primary N) is 1. The van der Waals surface area contributed by atoms with E-state index in [9.17, 15) is 37.4 Å². The average molecular weight is 549 g/mol. The highest BCUT2D eigenvalue weighted by Crippen LogP contribution is 2.33. The maximum absolute atomic E-state index is 14.4. The number of alkyl halides is 3. The van der Waals surface area contributed by atoms with Gasteiger partial charge >= 0.3 is 18.1 Å². The summed E-state index contributed by atoms with van der Waals surface area (Å²) in [6.07, 6.45) is -3.09. The zero-order chi connectivity index (χ0) is 27.3. The van der Waals surface area contributed by atoms with Crippen LogP contribution in [0.25, 0.3) is 0 Å². The summed E-state index contributed by atoms with van der Waals surface area (Å²) in [5, 5.41) is 24.5. The number of halogens is 5. The maximum atomic E-state index is 14.4. The lowest BCUT2D eigenvalue weighted by atomic mass is 9.91. The Hall–Kier alpha value is -3.39. The van der Waals surface area contributed by atoms with Gasteiger partial charge in [0.25, 0.3) is 0 Å². The summed E-state index contributed by atoms with van der Waals surface area (Å²) in [7, 11) is 0. The normalized spacial score (nSPS) is 18.9. The minimum Gasteiger partial charge on any atom is -0.481 e. The number of carbonyl (C=O) groups is 2. The average Bonchev–Trinajstić information content (AvgIpc) is 2.81. The van der Waals surface area contributed by atoms with Crippen LogP contribution >= 0.6 is 11.6 Å². The molecule has 3 atom stereocenters. The molecule has 202 valence electrons. The lowest BCUT2D eigenvalue weighted by Crippen LogP contribution is -2.54. The molecule has 15 heteroatoms. The molecule has 0 radical (unpaired) electrons. The number of anilines is 3. The Kier molecular flexibility index (Phi) is 8.97. The lowest BCUT2D eigenvalue weighted by molar-refractivity contribution is -0.143. The van der Waals surface area contributed by atoms with Crippen molar-refractivity contribution in [3.05, 3.63) is 40.9 Å². The summed E-state index contributed by atoms with van der Waals surface area (Å²) in [6, 6.07) is 0.865. The molecule has 2 heterocycles. The lowest BCUT2D eigenvalue weighted by Gasteiger charge is -2.38. The van der Waals surface area contributed by atoms with Crippen molar-refractivity contribution in [2.24, 2.45) is 5.92 Å². The summed E-state index contributed by atoms with van der Waals surface area (Å²) in [5.41, 5.74) is 4.39. The van der Waals surface area contributed by atoms with Crippen LogP contribution in [-0.2, 0) is 15.8 Å². The van der Waals surface area contributed by atoms with E-state index in [1.54, 1.807) is 4.90 Å². The van der Waals surface area contributed by atoms with E-state index in [2.05, 4.69) is 20.6 Å². The molecule has 1 fully saturated rings. The van der Waals surface area contributed by atoms with E-state index < -0.39 is 47.5 Å². The molecule has 2 aromatic rings. The van der Waals surface area contributed by atoms with E-state index in [1.807, 2.05) is 0 Å². The molecule has 0 bridgehead atoms. The molecule has 0 spiro atoms. The second kappa shape index (κ2) is 11.8. The Morgan fingerprint density at radius 2 is 1.97 bits per heavy atom. The Bertz CT molecular complexity index is 1140. The van der Waals surface area contributed by atoms with Gasteiger partial charge in [-0.15, -0.1) is 0 Å². The van der Waals surface area contributed by atoms with Crippen LogP contribution in [0.15, 0.2) is 24.5 Å². The van der Waals surface area contributed by atoms with Gasteiger partial charge in [0.15, 0.2) is 11.6 Å². The van der Waals surface area contributed by atoms with Gasteiger partial charge in [-0.05, 0) is 44.0 Å². The first-order valence-corrected chi connectivity index (χ1v) is 11.6. The number of hydrogen-bond acceptors (Lipinski definition) is 8. The third-order valence-electron chi connectivity index (χ3n) is 5.97. The van der Waals surface area contributed by atoms with E-state index in [4.69, 9.17) is 17.3 Å². The molecular formula is C22H25ClF4N6O4. The quantitative estimate of drug-likeness (QED) is 0.221. The largest absolute Gasteiger partial charge is 0.481 e.